The van der Waals surface area contributed by atoms with Gasteiger partial charge in [-0.2, -0.15) is 0 Å². The Balaban J connectivity index is 1.21. The van der Waals surface area contributed by atoms with Crippen LogP contribution in [0.2, 0.25) is 0 Å². The van der Waals surface area contributed by atoms with Gasteiger partial charge in [0.25, 0.3) is 0 Å². The second kappa shape index (κ2) is 9.58. The smallest absolute Gasteiger partial charge is 0.317 e. The monoisotopic (exact) mass is 440 g/mol. The molecule has 3 amide bonds. The maximum atomic E-state index is 12.7. The van der Waals surface area contributed by atoms with E-state index < -0.39 is 0 Å². The standard InChI is InChI=1S/C23H32N6O3/c1-16-5-4-6-21(24-16)27-9-7-19(8-10-27)25-23(31)29-13-11-28(12-14-29)22(30)15-20-17(2)26-32-18(20)3/h4-6,19H,7-15H2,1-3H3,(H,25,31). The first-order valence-corrected chi connectivity index (χ1v) is 11.3. The van der Waals surface area contributed by atoms with Crippen molar-refractivity contribution in [1.29, 1.82) is 0 Å². The number of hydrogen-bond donors (Lipinski definition) is 1. The van der Waals surface area contributed by atoms with Gasteiger partial charge in [0.05, 0.1) is 12.1 Å². The molecule has 2 aliphatic rings. The Morgan fingerprint density at radius 2 is 1.72 bits per heavy atom. The van der Waals surface area contributed by atoms with Crippen molar-refractivity contribution in [3.8, 4) is 0 Å². The van der Waals surface area contributed by atoms with E-state index in [0.717, 1.165) is 48.7 Å². The third-order valence-electron chi connectivity index (χ3n) is 6.45. The molecule has 2 aliphatic heterocycles. The zero-order valence-corrected chi connectivity index (χ0v) is 19.1. The number of piperazine rings is 1. The van der Waals surface area contributed by atoms with Crippen LogP contribution < -0.4 is 10.2 Å². The second-order valence-corrected chi connectivity index (χ2v) is 8.70. The fourth-order valence-corrected chi connectivity index (χ4v) is 4.40. The van der Waals surface area contributed by atoms with Crippen LogP contribution in [0.25, 0.3) is 0 Å². The summed E-state index contributed by atoms with van der Waals surface area (Å²) in [5.74, 6) is 1.75. The first kappa shape index (κ1) is 22.1. The normalized spacial score (nSPS) is 17.5. The molecule has 0 aliphatic carbocycles. The Morgan fingerprint density at radius 3 is 2.34 bits per heavy atom. The molecule has 4 heterocycles. The highest BCUT2D eigenvalue weighted by atomic mass is 16.5. The lowest BCUT2D eigenvalue weighted by molar-refractivity contribution is -0.131. The summed E-state index contributed by atoms with van der Waals surface area (Å²) in [5, 5.41) is 7.10. The van der Waals surface area contributed by atoms with E-state index in [1.807, 2.05) is 48.8 Å². The molecule has 0 saturated carbocycles. The van der Waals surface area contributed by atoms with Gasteiger partial charge in [0.15, 0.2) is 0 Å². The minimum absolute atomic E-state index is 0.0325. The number of nitrogens with zero attached hydrogens (tertiary/aromatic N) is 5. The Kier molecular flexibility index (Phi) is 6.62. The van der Waals surface area contributed by atoms with Crippen molar-refractivity contribution in [2.45, 2.75) is 46.1 Å². The van der Waals surface area contributed by atoms with Gasteiger partial charge in [-0.05, 0) is 45.7 Å². The Hall–Kier alpha value is -3.10. The SMILES string of the molecule is Cc1cccc(N2CCC(NC(=O)N3CCN(C(=O)Cc4c(C)noc4C)CC3)CC2)n1. The van der Waals surface area contributed by atoms with E-state index in [1.54, 1.807) is 0 Å². The number of carbonyl (C=O) groups is 2. The third-order valence-corrected chi connectivity index (χ3v) is 6.45. The van der Waals surface area contributed by atoms with Crippen molar-refractivity contribution >= 4 is 17.8 Å². The average Bonchev–Trinajstić information content (AvgIpc) is 3.11. The first-order chi connectivity index (χ1) is 15.4. The van der Waals surface area contributed by atoms with Crippen molar-refractivity contribution in [2.75, 3.05) is 44.2 Å². The molecule has 9 nitrogen and oxygen atoms in total. The number of pyridine rings is 1. The molecule has 0 unspecified atom stereocenters. The fourth-order valence-electron chi connectivity index (χ4n) is 4.40. The number of rotatable bonds is 4. The topological polar surface area (TPSA) is 94.8 Å². The number of hydrogen-bond acceptors (Lipinski definition) is 6. The number of nitrogens with one attached hydrogen (secondary N) is 1. The number of carbonyl (C=O) groups excluding carboxylic acids is 2. The molecular weight excluding hydrogens is 408 g/mol. The Labute approximate surface area is 188 Å². The van der Waals surface area contributed by atoms with E-state index in [4.69, 9.17) is 4.52 Å². The molecule has 0 bridgehead atoms. The predicted molar refractivity (Wildman–Crippen MR) is 121 cm³/mol. The molecule has 172 valence electrons. The fraction of sp³-hybridized carbons (Fsp3) is 0.565. The van der Waals surface area contributed by atoms with Crippen LogP contribution in [0.15, 0.2) is 22.7 Å². The molecule has 1 N–H and O–H groups in total. The summed E-state index contributed by atoms with van der Waals surface area (Å²) in [4.78, 5) is 35.9. The Morgan fingerprint density at radius 1 is 1.03 bits per heavy atom. The van der Waals surface area contributed by atoms with Crippen molar-refractivity contribution in [3.05, 3.63) is 40.9 Å². The minimum atomic E-state index is -0.0325. The minimum Gasteiger partial charge on any atom is -0.361 e. The Bertz CT molecular complexity index is 939. The van der Waals surface area contributed by atoms with E-state index in [2.05, 4.69) is 20.4 Å². The zero-order valence-electron chi connectivity index (χ0n) is 19.1. The summed E-state index contributed by atoms with van der Waals surface area (Å²) in [6.45, 7) is 9.63. The molecule has 9 heteroatoms. The van der Waals surface area contributed by atoms with Gasteiger partial charge in [0, 0.05) is 56.6 Å². The van der Waals surface area contributed by atoms with Gasteiger partial charge >= 0.3 is 6.03 Å². The molecule has 32 heavy (non-hydrogen) atoms. The molecule has 0 radical (unpaired) electrons. The van der Waals surface area contributed by atoms with Gasteiger partial charge in [-0.25, -0.2) is 9.78 Å². The van der Waals surface area contributed by atoms with E-state index in [0.29, 0.717) is 38.4 Å². The molecular formula is C23H32N6O3. The van der Waals surface area contributed by atoms with Crippen molar-refractivity contribution < 1.29 is 14.1 Å². The zero-order chi connectivity index (χ0) is 22.7. The van der Waals surface area contributed by atoms with Gasteiger partial charge in [0.2, 0.25) is 5.91 Å². The average molecular weight is 441 g/mol. The maximum absolute atomic E-state index is 12.7. The molecule has 2 aromatic rings. The number of aryl methyl sites for hydroxylation is 3. The molecule has 0 atom stereocenters. The molecule has 2 saturated heterocycles. The summed E-state index contributed by atoms with van der Waals surface area (Å²) in [7, 11) is 0. The molecule has 0 aromatic carbocycles. The van der Waals surface area contributed by atoms with Gasteiger partial charge in [-0.3, -0.25) is 4.79 Å². The molecule has 2 fully saturated rings. The van der Waals surface area contributed by atoms with Crippen LogP contribution in [0.5, 0.6) is 0 Å². The van der Waals surface area contributed by atoms with E-state index in [-0.39, 0.29) is 18.0 Å². The lowest BCUT2D eigenvalue weighted by atomic mass is 10.1. The number of urea groups is 1. The van der Waals surface area contributed by atoms with Gasteiger partial charge in [-0.15, -0.1) is 0 Å². The first-order valence-electron chi connectivity index (χ1n) is 11.3. The third kappa shape index (κ3) is 5.03. The van der Waals surface area contributed by atoms with Crippen molar-refractivity contribution in [3.63, 3.8) is 0 Å². The summed E-state index contributed by atoms with van der Waals surface area (Å²) in [6, 6.07) is 6.21. The summed E-state index contributed by atoms with van der Waals surface area (Å²) in [6.07, 6.45) is 2.09. The van der Waals surface area contributed by atoms with E-state index in [1.165, 1.54) is 0 Å². The summed E-state index contributed by atoms with van der Waals surface area (Å²) < 4.78 is 5.15. The summed E-state index contributed by atoms with van der Waals surface area (Å²) in [5.41, 5.74) is 2.64. The number of aromatic nitrogens is 2. The highest BCUT2D eigenvalue weighted by Gasteiger charge is 2.28. The number of piperidine rings is 1. The second-order valence-electron chi connectivity index (χ2n) is 8.70. The van der Waals surface area contributed by atoms with Crippen LogP contribution in [0.4, 0.5) is 10.6 Å². The number of anilines is 1. The van der Waals surface area contributed by atoms with Gasteiger partial charge in [-0.1, -0.05) is 11.2 Å². The van der Waals surface area contributed by atoms with E-state index in [9.17, 15) is 9.59 Å². The van der Waals surface area contributed by atoms with Gasteiger partial charge < -0.3 is 24.5 Å². The largest absolute Gasteiger partial charge is 0.361 e. The highest BCUT2D eigenvalue weighted by Crippen LogP contribution is 2.19. The number of amides is 3. The van der Waals surface area contributed by atoms with Crippen molar-refractivity contribution in [2.24, 2.45) is 0 Å². The quantitative estimate of drug-likeness (QED) is 0.782. The van der Waals surface area contributed by atoms with Crippen molar-refractivity contribution in [1.82, 2.24) is 25.3 Å². The lowest BCUT2D eigenvalue weighted by Gasteiger charge is -2.37. The summed E-state index contributed by atoms with van der Waals surface area (Å²) >= 11 is 0. The molecule has 0 spiro atoms. The maximum Gasteiger partial charge on any atom is 0.317 e. The lowest BCUT2D eigenvalue weighted by Crippen LogP contribution is -2.55. The highest BCUT2D eigenvalue weighted by molar-refractivity contribution is 5.80. The van der Waals surface area contributed by atoms with Crippen LogP contribution in [-0.4, -0.2) is 77.2 Å². The van der Waals surface area contributed by atoms with Crippen LogP contribution in [0.3, 0.4) is 0 Å². The molecule has 2 aromatic heterocycles. The molecule has 4 rings (SSSR count). The van der Waals surface area contributed by atoms with Crippen LogP contribution in [0.1, 0.15) is 35.6 Å². The van der Waals surface area contributed by atoms with Crippen LogP contribution in [-0.2, 0) is 11.2 Å². The van der Waals surface area contributed by atoms with E-state index >= 15 is 0 Å². The van der Waals surface area contributed by atoms with Crippen LogP contribution in [0, 0.1) is 20.8 Å². The predicted octanol–water partition coefficient (Wildman–Crippen LogP) is 2.06. The van der Waals surface area contributed by atoms with Crippen LogP contribution >= 0.6 is 0 Å². The van der Waals surface area contributed by atoms with Gasteiger partial charge in [0.1, 0.15) is 11.6 Å².